The molecule has 3 atom stereocenters. The number of nitrogens with one attached hydrogen (secondary N) is 3. The van der Waals surface area contributed by atoms with E-state index in [2.05, 4.69) is 25.6 Å². The lowest BCUT2D eigenvalue weighted by Crippen LogP contribution is -2.36. The van der Waals surface area contributed by atoms with Gasteiger partial charge in [-0.1, -0.05) is 17.7 Å². The Kier molecular flexibility index (Phi) is 9.09. The van der Waals surface area contributed by atoms with Gasteiger partial charge in [0.05, 0.1) is 45.3 Å². The first-order valence-corrected chi connectivity index (χ1v) is 19.6. The van der Waals surface area contributed by atoms with Crippen LogP contribution in [0.1, 0.15) is 71.6 Å². The molecule has 0 saturated heterocycles. The minimum atomic E-state index is -3.84. The summed E-state index contributed by atoms with van der Waals surface area (Å²) in [5.74, 6) is -8.70. The van der Waals surface area contributed by atoms with Gasteiger partial charge in [0.15, 0.2) is 5.82 Å². The second-order valence-electron chi connectivity index (χ2n) is 14.2. The number of sulfonamides is 1. The Balaban J connectivity index is 1.28. The van der Waals surface area contributed by atoms with Crippen LogP contribution in [0.2, 0.25) is 5.02 Å². The number of aryl methyl sites for hydroxylation is 2. The number of aromatic nitrogens is 5. The van der Waals surface area contributed by atoms with Crippen LogP contribution in [-0.2, 0) is 52.0 Å². The Morgan fingerprint density at radius 2 is 1.79 bits per heavy atom. The Labute approximate surface area is 319 Å². The van der Waals surface area contributed by atoms with Crippen molar-refractivity contribution in [1.29, 1.82) is 0 Å². The maximum atomic E-state index is 15.6. The predicted molar refractivity (Wildman–Crippen MR) is 192 cm³/mol. The highest BCUT2D eigenvalue weighted by atomic mass is 35.5. The summed E-state index contributed by atoms with van der Waals surface area (Å²) in [4.78, 5) is 31.3. The van der Waals surface area contributed by atoms with Gasteiger partial charge in [0.1, 0.15) is 29.6 Å². The molecule has 3 aliphatic rings. The van der Waals surface area contributed by atoms with Crippen LogP contribution in [0.5, 0.6) is 0 Å². The average Bonchev–Trinajstić information content (AvgIpc) is 3.64. The Bertz CT molecular complexity index is 2580. The molecule has 3 N–H and O–H groups in total. The van der Waals surface area contributed by atoms with Crippen LogP contribution in [0.4, 0.5) is 37.8 Å². The molecule has 12 nitrogen and oxygen atoms in total. The van der Waals surface area contributed by atoms with Crippen LogP contribution in [0.3, 0.4) is 0 Å². The van der Waals surface area contributed by atoms with E-state index in [-0.39, 0.29) is 76.6 Å². The van der Waals surface area contributed by atoms with Gasteiger partial charge in [0, 0.05) is 48.6 Å². The van der Waals surface area contributed by atoms with E-state index in [0.717, 1.165) is 18.4 Å². The van der Waals surface area contributed by atoms with Crippen molar-refractivity contribution in [3.63, 3.8) is 0 Å². The number of benzene rings is 2. The lowest BCUT2D eigenvalue weighted by molar-refractivity contribution is -0.123. The zero-order chi connectivity index (χ0) is 40.0. The first-order valence-electron chi connectivity index (χ1n) is 17.4. The average molecular weight is 821 g/mol. The third-order valence-corrected chi connectivity index (χ3v) is 11.4. The zero-order valence-corrected chi connectivity index (χ0v) is 31.0. The number of fused-ring (bicyclic) bond motifs is 5. The molecular formula is C36H31ClF6N8O4S. The maximum Gasteiger partial charge on any atom is 0.293 e. The number of pyridine rings is 1. The van der Waals surface area contributed by atoms with Gasteiger partial charge in [-0.15, -0.1) is 0 Å². The van der Waals surface area contributed by atoms with Crippen LogP contribution in [0, 0.1) is 17.6 Å². The summed E-state index contributed by atoms with van der Waals surface area (Å²) in [6.07, 6.45) is -1.91. The van der Waals surface area contributed by atoms with Crippen molar-refractivity contribution in [3.05, 3.63) is 87.0 Å². The molecule has 0 spiro atoms. The second-order valence-corrected chi connectivity index (χ2v) is 16.4. The van der Waals surface area contributed by atoms with Crippen molar-refractivity contribution in [2.45, 2.75) is 63.0 Å². The van der Waals surface area contributed by atoms with Crippen molar-refractivity contribution in [3.8, 4) is 11.1 Å². The van der Waals surface area contributed by atoms with E-state index in [0.29, 0.717) is 33.2 Å². The van der Waals surface area contributed by atoms with E-state index in [1.54, 1.807) is 12.1 Å². The standard InChI is InChI=1S/C36H31ClF6N8O4S/c1-50-32-18(4-6-22(37)29(32)35(48-50)49-56(2,54)55)20-13-24-23(7-8-26(52)44-24)46-30(20)25(11-15-9-16(38)12-17(39)10-15)45-27(53)14-51-33-28(31(47-51)34(40)41)19-3-5-21(19)36(33,42)43/h4,6,9-10,12-13,19,21,25,34H,3,5,7-8,11,14H2,1-2H3,(H,44,52)(H,45,53)(H,48,49)/t19-,21+,25-/m0/s1. The van der Waals surface area contributed by atoms with Crippen LogP contribution in [-0.4, -0.2) is 51.0 Å². The van der Waals surface area contributed by atoms with Gasteiger partial charge in [0.2, 0.25) is 21.8 Å². The van der Waals surface area contributed by atoms with Gasteiger partial charge in [0.25, 0.3) is 12.3 Å². The molecule has 1 fully saturated rings. The van der Waals surface area contributed by atoms with E-state index in [1.807, 2.05) is 0 Å². The molecule has 5 aromatic rings. The number of carbonyl (C=O) groups excluding carboxylic acids is 2. The van der Waals surface area contributed by atoms with Crippen LogP contribution >= 0.6 is 11.6 Å². The van der Waals surface area contributed by atoms with E-state index in [4.69, 9.17) is 16.6 Å². The molecule has 2 aliphatic carbocycles. The van der Waals surface area contributed by atoms with Crippen molar-refractivity contribution in [2.24, 2.45) is 13.0 Å². The molecule has 294 valence electrons. The molecule has 0 radical (unpaired) electrons. The number of carbonyl (C=O) groups is 2. The van der Waals surface area contributed by atoms with Gasteiger partial charge in [-0.2, -0.15) is 19.0 Å². The van der Waals surface area contributed by atoms with Crippen LogP contribution in [0.15, 0.2) is 36.4 Å². The normalized spacial score (nSPS) is 18.9. The molecular weight excluding hydrogens is 790 g/mol. The fraction of sp³-hybridized carbons (Fsp3) is 0.361. The number of amides is 2. The SMILES string of the molecule is Cn1nc(NS(C)(=O)=O)c2c(Cl)ccc(-c3cc4c(nc3[C@H](Cc3cc(F)cc(F)c3)NC(=O)Cn3nc(C(F)F)c5c3C(F)(F)[C@@H]3CC[C@H]53)CCC(=O)N4)c21. The smallest absolute Gasteiger partial charge is 0.293 e. The lowest BCUT2D eigenvalue weighted by atomic mass is 9.73. The molecule has 20 heteroatoms. The summed E-state index contributed by atoms with van der Waals surface area (Å²) in [5, 5.41) is 13.9. The number of nitrogens with zero attached hydrogens (tertiary/aromatic N) is 5. The number of anilines is 2. The topological polar surface area (TPSA) is 153 Å². The first-order chi connectivity index (χ1) is 26.4. The number of hydrogen-bond acceptors (Lipinski definition) is 7. The highest BCUT2D eigenvalue weighted by molar-refractivity contribution is 7.92. The van der Waals surface area contributed by atoms with E-state index in [9.17, 15) is 35.6 Å². The van der Waals surface area contributed by atoms with Crippen LogP contribution < -0.4 is 15.4 Å². The van der Waals surface area contributed by atoms with Gasteiger partial charge in [-0.25, -0.2) is 26.0 Å². The maximum absolute atomic E-state index is 15.6. The molecule has 1 aliphatic heterocycles. The van der Waals surface area contributed by atoms with Crippen LogP contribution in [0.25, 0.3) is 22.0 Å². The van der Waals surface area contributed by atoms with Crippen molar-refractivity contribution in [1.82, 2.24) is 29.9 Å². The van der Waals surface area contributed by atoms with Gasteiger partial charge in [-0.3, -0.25) is 28.7 Å². The fourth-order valence-electron chi connectivity index (χ4n) is 8.13. The molecule has 2 aromatic carbocycles. The number of alkyl halides is 4. The molecule has 0 unspecified atom stereocenters. The summed E-state index contributed by atoms with van der Waals surface area (Å²) in [5.41, 5.74) is -0.0498. The second kappa shape index (κ2) is 13.5. The van der Waals surface area contributed by atoms with E-state index >= 15 is 8.78 Å². The quantitative estimate of drug-likeness (QED) is 0.133. The highest BCUT2D eigenvalue weighted by Crippen LogP contribution is 2.63. The lowest BCUT2D eigenvalue weighted by Gasteiger charge is -2.34. The Morgan fingerprint density at radius 1 is 1.05 bits per heavy atom. The van der Waals surface area contributed by atoms with E-state index in [1.165, 1.54) is 17.8 Å². The van der Waals surface area contributed by atoms with Crippen molar-refractivity contribution >= 4 is 55.8 Å². The summed E-state index contributed by atoms with van der Waals surface area (Å²) in [7, 11) is -2.31. The highest BCUT2D eigenvalue weighted by Gasteiger charge is 2.62. The molecule has 56 heavy (non-hydrogen) atoms. The number of rotatable bonds is 10. The zero-order valence-electron chi connectivity index (χ0n) is 29.4. The fourth-order valence-corrected chi connectivity index (χ4v) is 8.87. The Morgan fingerprint density at radius 3 is 2.45 bits per heavy atom. The molecule has 0 bridgehead atoms. The minimum absolute atomic E-state index is 0.0610. The molecule has 2 amide bonds. The number of halogens is 7. The summed E-state index contributed by atoms with van der Waals surface area (Å²) in [6.45, 7) is -0.901. The van der Waals surface area contributed by atoms with Gasteiger partial charge < -0.3 is 10.6 Å². The van der Waals surface area contributed by atoms with Gasteiger partial charge in [-0.05, 0) is 55.0 Å². The van der Waals surface area contributed by atoms with Crippen molar-refractivity contribution < 1.29 is 44.3 Å². The summed E-state index contributed by atoms with van der Waals surface area (Å²) < 4.78 is 117. The summed E-state index contributed by atoms with van der Waals surface area (Å²) >= 11 is 6.59. The molecule has 1 saturated carbocycles. The summed E-state index contributed by atoms with van der Waals surface area (Å²) in [6, 6.07) is 6.08. The molecule has 8 rings (SSSR count). The molecule has 3 aromatic heterocycles. The minimum Gasteiger partial charge on any atom is -0.346 e. The van der Waals surface area contributed by atoms with E-state index < -0.39 is 75.7 Å². The third-order valence-electron chi connectivity index (χ3n) is 10.5. The molecule has 4 heterocycles. The monoisotopic (exact) mass is 820 g/mol. The largest absolute Gasteiger partial charge is 0.346 e. The van der Waals surface area contributed by atoms with Crippen molar-refractivity contribution in [2.75, 3.05) is 16.3 Å². The third kappa shape index (κ3) is 6.53. The number of hydrogen-bond donors (Lipinski definition) is 3. The van der Waals surface area contributed by atoms with Gasteiger partial charge >= 0.3 is 0 Å². The first kappa shape index (κ1) is 37.7. The Hall–Kier alpha value is -5.17. The predicted octanol–water partition coefficient (Wildman–Crippen LogP) is 6.66.